The summed E-state index contributed by atoms with van der Waals surface area (Å²) in [4.78, 5) is 27.4. The van der Waals surface area contributed by atoms with E-state index in [2.05, 4.69) is 0 Å². The quantitative estimate of drug-likeness (QED) is 0.508. The van der Waals surface area contributed by atoms with E-state index in [0.717, 1.165) is 5.56 Å². The summed E-state index contributed by atoms with van der Waals surface area (Å²) in [6, 6.07) is 10.8. The Bertz CT molecular complexity index is 1020. The van der Waals surface area contributed by atoms with Crippen LogP contribution in [0.5, 0.6) is 23.0 Å². The lowest BCUT2D eigenvalue weighted by atomic mass is 9.88. The van der Waals surface area contributed by atoms with Crippen molar-refractivity contribution in [2.45, 2.75) is 12.8 Å². The molecule has 0 spiro atoms. The van der Waals surface area contributed by atoms with E-state index in [0.29, 0.717) is 67.7 Å². The standard InChI is InChI=1S/C25H27NO6/c1-29-20-6-3-17(22(16-20)30-2)5-8-24(27)26-11-9-18(10-12-26)25(28)19-4-7-21-23(15-19)32-14-13-31-21/h3-8,15-16,18H,9-14H2,1-2H3/b8-5+. The summed E-state index contributed by atoms with van der Waals surface area (Å²) in [5.41, 5.74) is 1.43. The van der Waals surface area contributed by atoms with E-state index in [1.54, 1.807) is 55.5 Å². The maximum Gasteiger partial charge on any atom is 0.246 e. The van der Waals surface area contributed by atoms with Gasteiger partial charge in [-0.05, 0) is 49.2 Å². The molecule has 2 aromatic carbocycles. The molecule has 0 aliphatic carbocycles. The molecule has 0 unspecified atom stereocenters. The fourth-order valence-corrected chi connectivity index (χ4v) is 4.02. The number of methoxy groups -OCH3 is 2. The molecule has 0 aromatic heterocycles. The van der Waals surface area contributed by atoms with Crippen LogP contribution < -0.4 is 18.9 Å². The molecule has 168 valence electrons. The van der Waals surface area contributed by atoms with Crippen LogP contribution in [0.25, 0.3) is 6.08 Å². The molecule has 4 rings (SSSR count). The van der Waals surface area contributed by atoms with Crippen molar-refractivity contribution >= 4 is 17.8 Å². The zero-order valence-electron chi connectivity index (χ0n) is 18.3. The maximum absolute atomic E-state index is 13.0. The van der Waals surface area contributed by atoms with Crippen molar-refractivity contribution in [3.05, 3.63) is 53.6 Å². The molecule has 7 heteroatoms. The number of Topliss-reactive ketones (excluding diaryl/α,β-unsaturated/α-hetero) is 1. The Morgan fingerprint density at radius 2 is 1.72 bits per heavy atom. The molecule has 0 radical (unpaired) electrons. The number of hydrogen-bond donors (Lipinski definition) is 0. The lowest BCUT2D eigenvalue weighted by molar-refractivity contribution is -0.127. The van der Waals surface area contributed by atoms with Crippen molar-refractivity contribution in [1.29, 1.82) is 0 Å². The SMILES string of the molecule is COc1ccc(/C=C/C(=O)N2CCC(C(=O)c3ccc4c(c3)OCCO4)CC2)c(OC)c1. The van der Waals surface area contributed by atoms with Crippen LogP contribution in [-0.4, -0.2) is 57.1 Å². The van der Waals surface area contributed by atoms with Gasteiger partial charge in [-0.15, -0.1) is 0 Å². The van der Waals surface area contributed by atoms with E-state index in [9.17, 15) is 9.59 Å². The molecule has 1 fully saturated rings. The Hall–Kier alpha value is -3.48. The number of piperidine rings is 1. The molecule has 0 saturated carbocycles. The van der Waals surface area contributed by atoms with Gasteiger partial charge in [-0.2, -0.15) is 0 Å². The first-order valence-corrected chi connectivity index (χ1v) is 10.7. The number of ether oxygens (including phenoxy) is 4. The van der Waals surface area contributed by atoms with Crippen molar-refractivity contribution in [2.75, 3.05) is 40.5 Å². The third-order valence-electron chi connectivity index (χ3n) is 5.85. The number of likely N-dealkylation sites (tertiary alicyclic amines) is 1. The van der Waals surface area contributed by atoms with Crippen molar-refractivity contribution in [3.63, 3.8) is 0 Å². The average molecular weight is 437 g/mol. The van der Waals surface area contributed by atoms with E-state index in [4.69, 9.17) is 18.9 Å². The number of carbonyl (C=O) groups is 2. The summed E-state index contributed by atoms with van der Waals surface area (Å²) in [5.74, 6) is 2.53. The minimum Gasteiger partial charge on any atom is -0.497 e. The largest absolute Gasteiger partial charge is 0.497 e. The number of rotatable bonds is 6. The van der Waals surface area contributed by atoms with Crippen LogP contribution in [0.15, 0.2) is 42.5 Å². The first-order chi connectivity index (χ1) is 15.6. The van der Waals surface area contributed by atoms with Gasteiger partial charge in [-0.3, -0.25) is 9.59 Å². The van der Waals surface area contributed by atoms with Crippen LogP contribution in [0.4, 0.5) is 0 Å². The highest BCUT2D eigenvalue weighted by Crippen LogP contribution is 2.32. The summed E-state index contributed by atoms with van der Waals surface area (Å²) >= 11 is 0. The maximum atomic E-state index is 13.0. The van der Waals surface area contributed by atoms with Gasteiger partial charge >= 0.3 is 0 Å². The zero-order chi connectivity index (χ0) is 22.5. The summed E-state index contributed by atoms with van der Waals surface area (Å²) in [6.45, 7) is 2.10. The van der Waals surface area contributed by atoms with Crippen LogP contribution in [0.3, 0.4) is 0 Å². The minimum atomic E-state index is -0.104. The topological polar surface area (TPSA) is 74.3 Å². The Balaban J connectivity index is 1.35. The third kappa shape index (κ3) is 4.72. The monoisotopic (exact) mass is 437 g/mol. The highest BCUT2D eigenvalue weighted by atomic mass is 16.6. The van der Waals surface area contributed by atoms with Gasteiger partial charge in [0.25, 0.3) is 0 Å². The van der Waals surface area contributed by atoms with Crippen LogP contribution in [0.2, 0.25) is 0 Å². The lowest BCUT2D eigenvalue weighted by Gasteiger charge is -2.30. The highest BCUT2D eigenvalue weighted by Gasteiger charge is 2.28. The summed E-state index contributed by atoms with van der Waals surface area (Å²) in [6.07, 6.45) is 4.57. The smallest absolute Gasteiger partial charge is 0.246 e. The molecule has 0 bridgehead atoms. The summed E-state index contributed by atoms with van der Waals surface area (Å²) in [7, 11) is 3.17. The van der Waals surface area contributed by atoms with Crippen molar-refractivity contribution in [2.24, 2.45) is 5.92 Å². The van der Waals surface area contributed by atoms with E-state index in [1.165, 1.54) is 0 Å². The lowest BCUT2D eigenvalue weighted by Crippen LogP contribution is -2.39. The van der Waals surface area contributed by atoms with E-state index in [1.807, 2.05) is 12.1 Å². The molecule has 7 nitrogen and oxygen atoms in total. The van der Waals surface area contributed by atoms with Crippen LogP contribution >= 0.6 is 0 Å². The Morgan fingerprint density at radius 3 is 2.44 bits per heavy atom. The first kappa shape index (κ1) is 21.7. The number of carbonyl (C=O) groups excluding carboxylic acids is 2. The van der Waals surface area contributed by atoms with E-state index >= 15 is 0 Å². The molecule has 0 atom stereocenters. The second-order valence-corrected chi connectivity index (χ2v) is 7.76. The summed E-state index contributed by atoms with van der Waals surface area (Å²) < 4.78 is 21.7. The predicted octanol–water partition coefficient (Wildman–Crippen LogP) is 3.61. The van der Waals surface area contributed by atoms with E-state index < -0.39 is 0 Å². The number of hydrogen-bond acceptors (Lipinski definition) is 6. The van der Waals surface area contributed by atoms with Gasteiger partial charge in [0.15, 0.2) is 17.3 Å². The van der Waals surface area contributed by atoms with Crippen molar-refractivity contribution in [1.82, 2.24) is 4.90 Å². The number of benzene rings is 2. The first-order valence-electron chi connectivity index (χ1n) is 10.7. The highest BCUT2D eigenvalue weighted by molar-refractivity contribution is 5.99. The molecule has 2 heterocycles. The number of amides is 1. The van der Waals surface area contributed by atoms with Gasteiger partial charge in [0.1, 0.15) is 24.7 Å². The summed E-state index contributed by atoms with van der Waals surface area (Å²) in [5, 5.41) is 0. The van der Waals surface area contributed by atoms with Crippen molar-refractivity contribution in [3.8, 4) is 23.0 Å². The second-order valence-electron chi connectivity index (χ2n) is 7.76. The van der Waals surface area contributed by atoms with Gasteiger partial charge < -0.3 is 23.8 Å². The van der Waals surface area contributed by atoms with Gasteiger partial charge in [-0.25, -0.2) is 0 Å². The Morgan fingerprint density at radius 1 is 0.969 bits per heavy atom. The average Bonchev–Trinajstić information content (AvgIpc) is 2.86. The normalized spacial score (nSPS) is 16.1. The second kappa shape index (κ2) is 9.77. The fraction of sp³-hybridized carbons (Fsp3) is 0.360. The predicted molar refractivity (Wildman–Crippen MR) is 120 cm³/mol. The molecular weight excluding hydrogens is 410 g/mol. The third-order valence-corrected chi connectivity index (χ3v) is 5.85. The van der Waals surface area contributed by atoms with Crippen LogP contribution in [0, 0.1) is 5.92 Å². The molecule has 2 aliphatic heterocycles. The minimum absolute atomic E-state index is 0.0758. The molecule has 2 aliphatic rings. The van der Waals surface area contributed by atoms with Gasteiger partial charge in [-0.1, -0.05) is 0 Å². The zero-order valence-corrected chi connectivity index (χ0v) is 18.3. The van der Waals surface area contributed by atoms with Crippen LogP contribution in [0.1, 0.15) is 28.8 Å². The molecule has 1 saturated heterocycles. The number of ketones is 1. The van der Waals surface area contributed by atoms with Gasteiger partial charge in [0.2, 0.25) is 5.91 Å². The molecule has 32 heavy (non-hydrogen) atoms. The van der Waals surface area contributed by atoms with E-state index in [-0.39, 0.29) is 17.6 Å². The number of fused-ring (bicyclic) bond motifs is 1. The molecular formula is C25H27NO6. The van der Waals surface area contributed by atoms with Gasteiger partial charge in [0, 0.05) is 42.3 Å². The molecule has 2 aromatic rings. The number of nitrogens with zero attached hydrogens (tertiary/aromatic N) is 1. The van der Waals surface area contributed by atoms with Crippen molar-refractivity contribution < 1.29 is 28.5 Å². The molecule has 0 N–H and O–H groups in total. The molecule has 1 amide bonds. The fourth-order valence-electron chi connectivity index (χ4n) is 4.02. The Kier molecular flexibility index (Phi) is 6.63. The van der Waals surface area contributed by atoms with Crippen LogP contribution in [-0.2, 0) is 4.79 Å². The van der Waals surface area contributed by atoms with Gasteiger partial charge in [0.05, 0.1) is 14.2 Å². The Labute approximate surface area is 187 Å².